The molecule has 0 bridgehead atoms. The number of hydrogen-bond acceptors (Lipinski definition) is 4. The molecule has 0 atom stereocenters. The van der Waals surface area contributed by atoms with Crippen LogP contribution in [0.3, 0.4) is 0 Å². The molecule has 6 heteroatoms. The van der Waals surface area contributed by atoms with Crippen LogP contribution in [0.4, 0.5) is 11.5 Å². The van der Waals surface area contributed by atoms with Crippen LogP contribution in [0.5, 0.6) is 0 Å². The van der Waals surface area contributed by atoms with Crippen molar-refractivity contribution in [3.05, 3.63) is 35.8 Å². The molecule has 2 rings (SSSR count). The minimum atomic E-state index is -0.213. The van der Waals surface area contributed by atoms with Gasteiger partial charge in [0.2, 0.25) is 0 Å². The van der Waals surface area contributed by atoms with Gasteiger partial charge in [0, 0.05) is 37.7 Å². The Bertz CT molecular complexity index is 605. The highest BCUT2D eigenvalue weighted by Crippen LogP contribution is 2.17. The van der Waals surface area contributed by atoms with Crippen molar-refractivity contribution in [1.29, 1.82) is 0 Å². The Balaban J connectivity index is 2.19. The molecule has 20 heavy (non-hydrogen) atoms. The summed E-state index contributed by atoms with van der Waals surface area (Å²) >= 11 is 0. The molecule has 0 aliphatic carbocycles. The second kappa shape index (κ2) is 6.18. The van der Waals surface area contributed by atoms with Crippen LogP contribution in [-0.4, -0.2) is 27.2 Å². The molecule has 2 heterocycles. The maximum absolute atomic E-state index is 12.3. The molecule has 0 saturated carbocycles. The Labute approximate surface area is 118 Å². The number of pyridine rings is 1. The summed E-state index contributed by atoms with van der Waals surface area (Å²) in [5.41, 5.74) is 2.19. The lowest BCUT2D eigenvalue weighted by atomic mass is 10.2. The zero-order valence-electron chi connectivity index (χ0n) is 12.0. The lowest BCUT2D eigenvalue weighted by Gasteiger charge is -2.11. The molecule has 0 saturated heterocycles. The van der Waals surface area contributed by atoms with Crippen LogP contribution in [0.15, 0.2) is 24.5 Å². The summed E-state index contributed by atoms with van der Waals surface area (Å²) in [5, 5.41) is 10.1. The van der Waals surface area contributed by atoms with E-state index in [0.29, 0.717) is 11.4 Å². The van der Waals surface area contributed by atoms with E-state index in [1.807, 2.05) is 13.0 Å². The molecule has 0 spiro atoms. The zero-order valence-corrected chi connectivity index (χ0v) is 12.0. The van der Waals surface area contributed by atoms with Crippen LogP contribution in [0.2, 0.25) is 0 Å². The van der Waals surface area contributed by atoms with Crippen molar-refractivity contribution in [2.45, 2.75) is 20.3 Å². The molecular weight excluding hydrogens is 254 g/mol. The van der Waals surface area contributed by atoms with E-state index >= 15 is 0 Å². The van der Waals surface area contributed by atoms with Gasteiger partial charge in [0.05, 0.1) is 11.3 Å². The van der Waals surface area contributed by atoms with Crippen LogP contribution in [0.25, 0.3) is 0 Å². The summed E-state index contributed by atoms with van der Waals surface area (Å²) in [6, 6.07) is 3.63. The van der Waals surface area contributed by atoms with Gasteiger partial charge in [-0.2, -0.15) is 5.10 Å². The van der Waals surface area contributed by atoms with Gasteiger partial charge in [-0.15, -0.1) is 0 Å². The van der Waals surface area contributed by atoms with Crippen LogP contribution < -0.4 is 10.6 Å². The average molecular weight is 273 g/mol. The third kappa shape index (κ3) is 3.34. The second-order valence-corrected chi connectivity index (χ2v) is 4.63. The molecule has 0 aliphatic heterocycles. The van der Waals surface area contributed by atoms with Gasteiger partial charge >= 0.3 is 0 Å². The summed E-state index contributed by atoms with van der Waals surface area (Å²) in [7, 11) is 1.80. The maximum Gasteiger partial charge on any atom is 0.260 e. The van der Waals surface area contributed by atoms with E-state index in [9.17, 15) is 4.79 Å². The van der Waals surface area contributed by atoms with Crippen molar-refractivity contribution in [2.75, 3.05) is 17.2 Å². The van der Waals surface area contributed by atoms with E-state index in [1.165, 1.54) is 0 Å². The van der Waals surface area contributed by atoms with Crippen molar-refractivity contribution in [1.82, 2.24) is 14.8 Å². The molecule has 106 valence electrons. The number of nitrogens with one attached hydrogen (secondary N) is 2. The van der Waals surface area contributed by atoms with Crippen LogP contribution in [-0.2, 0) is 7.05 Å². The SMILES string of the molecule is CCCNc1cc(C)ncc1C(=O)Nc1ccn(C)n1. The first-order valence-electron chi connectivity index (χ1n) is 6.61. The fraction of sp³-hybridized carbons (Fsp3) is 0.357. The van der Waals surface area contributed by atoms with Crippen molar-refractivity contribution in [3.8, 4) is 0 Å². The fourth-order valence-corrected chi connectivity index (χ4v) is 1.81. The van der Waals surface area contributed by atoms with E-state index in [4.69, 9.17) is 0 Å². The van der Waals surface area contributed by atoms with Crippen LogP contribution >= 0.6 is 0 Å². The molecule has 0 aromatic carbocycles. The summed E-state index contributed by atoms with van der Waals surface area (Å²) < 4.78 is 1.64. The van der Waals surface area contributed by atoms with Gasteiger partial charge in [0.15, 0.2) is 5.82 Å². The predicted molar refractivity (Wildman–Crippen MR) is 78.9 cm³/mol. The quantitative estimate of drug-likeness (QED) is 0.876. The number of amides is 1. The number of nitrogens with zero attached hydrogens (tertiary/aromatic N) is 3. The molecule has 2 N–H and O–H groups in total. The fourth-order valence-electron chi connectivity index (χ4n) is 1.81. The van der Waals surface area contributed by atoms with Gasteiger partial charge in [0.25, 0.3) is 5.91 Å². The third-order valence-corrected chi connectivity index (χ3v) is 2.81. The lowest BCUT2D eigenvalue weighted by Crippen LogP contribution is -2.16. The topological polar surface area (TPSA) is 71.8 Å². The van der Waals surface area contributed by atoms with Crippen molar-refractivity contribution in [3.63, 3.8) is 0 Å². The number of carbonyl (C=O) groups is 1. The first-order valence-corrected chi connectivity index (χ1v) is 6.61. The van der Waals surface area contributed by atoms with Gasteiger partial charge in [-0.05, 0) is 19.4 Å². The molecule has 0 unspecified atom stereocenters. The Morgan fingerprint density at radius 1 is 1.45 bits per heavy atom. The Morgan fingerprint density at radius 2 is 2.25 bits per heavy atom. The molecule has 2 aromatic heterocycles. The first kappa shape index (κ1) is 14.0. The maximum atomic E-state index is 12.3. The summed E-state index contributed by atoms with van der Waals surface area (Å²) in [6.45, 7) is 4.79. The summed E-state index contributed by atoms with van der Waals surface area (Å²) in [5.74, 6) is 0.314. The number of hydrogen-bond donors (Lipinski definition) is 2. The van der Waals surface area contributed by atoms with Gasteiger partial charge in [-0.1, -0.05) is 6.92 Å². The van der Waals surface area contributed by atoms with Crippen molar-refractivity contribution in [2.24, 2.45) is 7.05 Å². The van der Waals surface area contributed by atoms with Crippen molar-refractivity contribution < 1.29 is 4.79 Å². The minimum Gasteiger partial charge on any atom is -0.384 e. The Hall–Kier alpha value is -2.37. The monoisotopic (exact) mass is 273 g/mol. The standard InChI is InChI=1S/C14H19N5O/c1-4-6-15-12-8-10(2)16-9-11(12)14(20)17-13-5-7-19(3)18-13/h5,7-9H,4,6H2,1-3H3,(H,15,16)(H,17,18,20). The average Bonchev–Trinajstić information content (AvgIpc) is 2.81. The van der Waals surface area contributed by atoms with E-state index < -0.39 is 0 Å². The molecule has 1 amide bonds. The molecule has 6 nitrogen and oxygen atoms in total. The smallest absolute Gasteiger partial charge is 0.260 e. The normalized spacial score (nSPS) is 10.3. The van der Waals surface area contributed by atoms with Gasteiger partial charge in [0.1, 0.15) is 0 Å². The number of anilines is 2. The largest absolute Gasteiger partial charge is 0.384 e. The summed E-state index contributed by atoms with van der Waals surface area (Å²) in [6.07, 6.45) is 4.35. The molecular formula is C14H19N5O. The Morgan fingerprint density at radius 3 is 2.90 bits per heavy atom. The number of aromatic nitrogens is 3. The number of aryl methyl sites for hydroxylation is 2. The zero-order chi connectivity index (χ0) is 14.5. The second-order valence-electron chi connectivity index (χ2n) is 4.63. The molecule has 0 aliphatic rings. The van der Waals surface area contributed by atoms with E-state index in [2.05, 4.69) is 27.6 Å². The highest BCUT2D eigenvalue weighted by molar-refractivity contribution is 6.07. The minimum absolute atomic E-state index is 0.213. The van der Waals surface area contributed by atoms with E-state index in [-0.39, 0.29) is 5.91 Å². The predicted octanol–water partition coefficient (Wildman–Crippen LogP) is 2.20. The Kier molecular flexibility index (Phi) is 4.34. The molecule has 2 aromatic rings. The first-order chi connectivity index (χ1) is 9.60. The highest BCUT2D eigenvalue weighted by Gasteiger charge is 2.13. The van der Waals surface area contributed by atoms with Gasteiger partial charge in [-0.25, -0.2) is 0 Å². The highest BCUT2D eigenvalue weighted by atomic mass is 16.1. The lowest BCUT2D eigenvalue weighted by molar-refractivity contribution is 0.102. The third-order valence-electron chi connectivity index (χ3n) is 2.81. The van der Waals surface area contributed by atoms with E-state index in [1.54, 1.807) is 30.2 Å². The van der Waals surface area contributed by atoms with Crippen LogP contribution in [0.1, 0.15) is 29.4 Å². The number of carbonyl (C=O) groups excluding carboxylic acids is 1. The summed E-state index contributed by atoms with van der Waals surface area (Å²) in [4.78, 5) is 16.5. The molecule has 0 radical (unpaired) electrons. The van der Waals surface area contributed by atoms with Crippen LogP contribution in [0, 0.1) is 6.92 Å². The number of rotatable bonds is 5. The van der Waals surface area contributed by atoms with Crippen molar-refractivity contribution >= 4 is 17.4 Å². The van der Waals surface area contributed by atoms with E-state index in [0.717, 1.165) is 24.3 Å². The van der Waals surface area contributed by atoms with Gasteiger partial charge in [-0.3, -0.25) is 14.5 Å². The van der Waals surface area contributed by atoms with Gasteiger partial charge < -0.3 is 10.6 Å². The molecule has 0 fully saturated rings.